The van der Waals surface area contributed by atoms with Gasteiger partial charge in [-0.05, 0) is 61.9 Å². The molecule has 0 unspecified atom stereocenters. The quantitative estimate of drug-likeness (QED) is 0.343. The summed E-state index contributed by atoms with van der Waals surface area (Å²) in [6, 6.07) is 11.3. The van der Waals surface area contributed by atoms with E-state index in [9.17, 15) is 27.6 Å². The highest BCUT2D eigenvalue weighted by Gasteiger charge is 2.38. The van der Waals surface area contributed by atoms with Gasteiger partial charge in [0.15, 0.2) is 5.69 Å². The maximum absolute atomic E-state index is 13.6. The molecule has 2 amide bonds. The van der Waals surface area contributed by atoms with Gasteiger partial charge in [-0.2, -0.15) is 13.2 Å². The molecule has 3 aromatic heterocycles. The number of aromatic nitrogens is 4. The van der Waals surface area contributed by atoms with E-state index in [0.29, 0.717) is 43.4 Å². The first kappa shape index (κ1) is 28.3. The van der Waals surface area contributed by atoms with Crippen molar-refractivity contribution in [2.24, 2.45) is 5.92 Å². The van der Waals surface area contributed by atoms with Crippen molar-refractivity contribution in [3.05, 3.63) is 87.3 Å². The number of carbonyl (C=O) groups excluding carboxylic acids is 2. The zero-order valence-corrected chi connectivity index (χ0v) is 22.7. The number of alkyl halides is 3. The smallest absolute Gasteiger partial charge is 0.354 e. The molecule has 1 aromatic carbocycles. The highest BCUT2D eigenvalue weighted by molar-refractivity contribution is 6.30. The molecule has 0 spiro atoms. The van der Waals surface area contributed by atoms with Crippen LogP contribution in [0, 0.1) is 5.92 Å². The fraction of sp³-hybridized carbons (Fsp3) is 0.321. The van der Waals surface area contributed by atoms with E-state index >= 15 is 0 Å². The third-order valence-electron chi connectivity index (χ3n) is 7.29. The van der Waals surface area contributed by atoms with Gasteiger partial charge < -0.3 is 10.6 Å². The number of para-hydroxylation sites is 2. The molecule has 214 valence electrons. The molecule has 0 atom stereocenters. The topological polar surface area (TPSA) is 111 Å². The van der Waals surface area contributed by atoms with Crippen LogP contribution in [0.15, 0.2) is 59.7 Å². The van der Waals surface area contributed by atoms with Gasteiger partial charge in [0, 0.05) is 25.8 Å². The lowest BCUT2D eigenvalue weighted by Crippen LogP contribution is -2.39. The van der Waals surface area contributed by atoms with Crippen LogP contribution >= 0.6 is 11.6 Å². The molecule has 1 aliphatic rings. The normalized spacial score (nSPS) is 17.4. The summed E-state index contributed by atoms with van der Waals surface area (Å²) in [5.41, 5.74) is 0.0757. The number of rotatable bonds is 6. The average molecular weight is 587 g/mol. The van der Waals surface area contributed by atoms with Crippen molar-refractivity contribution < 1.29 is 22.8 Å². The summed E-state index contributed by atoms with van der Waals surface area (Å²) >= 11 is 5.81. The van der Waals surface area contributed by atoms with Gasteiger partial charge in [0.1, 0.15) is 5.69 Å². The zero-order valence-electron chi connectivity index (χ0n) is 21.9. The van der Waals surface area contributed by atoms with Crippen molar-refractivity contribution in [1.29, 1.82) is 0 Å². The molecular formula is C28H26ClF3N6O3. The van der Waals surface area contributed by atoms with E-state index in [1.54, 1.807) is 21.3 Å². The third kappa shape index (κ3) is 5.83. The molecule has 0 radical (unpaired) electrons. The maximum Gasteiger partial charge on any atom is 0.434 e. The first-order valence-corrected chi connectivity index (χ1v) is 13.4. The van der Waals surface area contributed by atoms with Gasteiger partial charge >= 0.3 is 11.9 Å². The molecule has 2 N–H and O–H groups in total. The number of imidazole rings is 1. The number of hydrogen-bond acceptors (Lipinski definition) is 5. The monoisotopic (exact) mass is 586 g/mol. The predicted molar refractivity (Wildman–Crippen MR) is 146 cm³/mol. The number of fused-ring (bicyclic) bond motifs is 1. The number of amides is 2. The fourth-order valence-electron chi connectivity index (χ4n) is 5.26. The summed E-state index contributed by atoms with van der Waals surface area (Å²) in [6.07, 6.45) is -0.0198. The van der Waals surface area contributed by atoms with Gasteiger partial charge in [0.05, 0.1) is 33.5 Å². The Balaban J connectivity index is 1.30. The van der Waals surface area contributed by atoms with Crippen LogP contribution < -0.4 is 16.3 Å². The lowest BCUT2D eigenvalue weighted by Gasteiger charge is -2.29. The summed E-state index contributed by atoms with van der Waals surface area (Å²) in [5.74, 6) is -1.08. The second-order valence-electron chi connectivity index (χ2n) is 9.94. The maximum atomic E-state index is 13.6. The Labute approximate surface area is 237 Å². The van der Waals surface area contributed by atoms with E-state index in [1.165, 1.54) is 13.2 Å². The molecule has 5 rings (SSSR count). The van der Waals surface area contributed by atoms with Gasteiger partial charge in [0.25, 0.3) is 11.8 Å². The van der Waals surface area contributed by atoms with Gasteiger partial charge in [-0.3, -0.25) is 18.7 Å². The van der Waals surface area contributed by atoms with Crippen molar-refractivity contribution in [3.8, 4) is 5.69 Å². The van der Waals surface area contributed by atoms with E-state index in [2.05, 4.69) is 20.6 Å². The van der Waals surface area contributed by atoms with E-state index in [4.69, 9.17) is 11.6 Å². The van der Waals surface area contributed by atoms with Gasteiger partial charge in [-0.1, -0.05) is 23.7 Å². The number of pyridine rings is 2. The van der Waals surface area contributed by atoms with Crippen LogP contribution in [-0.4, -0.2) is 44.0 Å². The molecular weight excluding hydrogens is 561 g/mol. The minimum Gasteiger partial charge on any atom is -0.354 e. The number of nitrogens with zero attached hydrogens (tertiary/aromatic N) is 4. The van der Waals surface area contributed by atoms with E-state index in [-0.39, 0.29) is 34.3 Å². The summed E-state index contributed by atoms with van der Waals surface area (Å²) in [6.45, 7) is 0.438. The highest BCUT2D eigenvalue weighted by atomic mass is 35.5. The standard InChI is InChI=1S/C28H26ClF3N6O3/c1-33-26(40)21-11-10-19(14-34-21)38-23-5-3-2-4-22(23)37(27(38)41)15-16-6-8-18(9-7-16)36-25(39)20-12-17(29)13-35-24(20)28(30,31)32/h2-5,10-14,16,18H,6-9,15H2,1H3,(H,33,40)(H,36,39). The van der Waals surface area contributed by atoms with E-state index in [1.807, 2.05) is 24.3 Å². The Morgan fingerprint density at radius 1 is 1.00 bits per heavy atom. The highest BCUT2D eigenvalue weighted by Crippen LogP contribution is 2.32. The van der Waals surface area contributed by atoms with Crippen LogP contribution in [0.1, 0.15) is 52.2 Å². The van der Waals surface area contributed by atoms with Crippen molar-refractivity contribution in [3.63, 3.8) is 0 Å². The Morgan fingerprint density at radius 2 is 1.71 bits per heavy atom. The average Bonchev–Trinajstić information content (AvgIpc) is 3.23. The first-order chi connectivity index (χ1) is 19.6. The summed E-state index contributed by atoms with van der Waals surface area (Å²) in [7, 11) is 1.51. The van der Waals surface area contributed by atoms with Crippen molar-refractivity contribution in [1.82, 2.24) is 29.7 Å². The van der Waals surface area contributed by atoms with E-state index < -0.39 is 23.3 Å². The van der Waals surface area contributed by atoms with Crippen molar-refractivity contribution in [2.45, 2.75) is 44.4 Å². The Hall–Kier alpha value is -4.19. The SMILES string of the molecule is CNC(=O)c1ccc(-n2c(=O)n(CC3CCC(NC(=O)c4cc(Cl)cnc4C(F)(F)F)CC3)c3ccccc32)cn1. The lowest BCUT2D eigenvalue weighted by atomic mass is 9.85. The minimum atomic E-state index is -4.79. The predicted octanol–water partition coefficient (Wildman–Crippen LogP) is 4.60. The number of benzene rings is 1. The molecule has 13 heteroatoms. The molecule has 3 heterocycles. The molecule has 9 nitrogen and oxygen atoms in total. The molecule has 0 bridgehead atoms. The minimum absolute atomic E-state index is 0.0605. The number of carbonyl (C=O) groups is 2. The number of nitrogens with one attached hydrogen (secondary N) is 2. The lowest BCUT2D eigenvalue weighted by molar-refractivity contribution is -0.141. The van der Waals surface area contributed by atoms with Crippen LogP contribution in [0.25, 0.3) is 16.7 Å². The number of hydrogen-bond donors (Lipinski definition) is 2. The van der Waals surface area contributed by atoms with Crippen molar-refractivity contribution in [2.75, 3.05) is 7.05 Å². The Morgan fingerprint density at radius 3 is 2.34 bits per heavy atom. The van der Waals surface area contributed by atoms with Gasteiger partial charge in [-0.25, -0.2) is 14.8 Å². The van der Waals surface area contributed by atoms with Crippen LogP contribution in [0.3, 0.4) is 0 Å². The van der Waals surface area contributed by atoms with Crippen LogP contribution in [-0.2, 0) is 12.7 Å². The largest absolute Gasteiger partial charge is 0.434 e. The van der Waals surface area contributed by atoms with E-state index in [0.717, 1.165) is 17.8 Å². The summed E-state index contributed by atoms with van der Waals surface area (Å²) in [5, 5.41) is 5.15. The second kappa shape index (κ2) is 11.4. The molecule has 0 aliphatic heterocycles. The van der Waals surface area contributed by atoms with Crippen LogP contribution in [0.4, 0.5) is 13.2 Å². The molecule has 0 saturated heterocycles. The molecule has 1 aliphatic carbocycles. The van der Waals surface area contributed by atoms with Crippen LogP contribution in [0.5, 0.6) is 0 Å². The second-order valence-corrected chi connectivity index (χ2v) is 10.4. The van der Waals surface area contributed by atoms with Gasteiger partial charge in [0.2, 0.25) is 0 Å². The summed E-state index contributed by atoms with van der Waals surface area (Å²) < 4.78 is 43.3. The molecule has 4 aromatic rings. The Bertz CT molecular complexity index is 1660. The molecule has 1 saturated carbocycles. The third-order valence-corrected chi connectivity index (χ3v) is 7.50. The van der Waals surface area contributed by atoms with Crippen molar-refractivity contribution >= 4 is 34.4 Å². The molecule has 1 fully saturated rings. The number of halogens is 4. The fourth-order valence-corrected chi connectivity index (χ4v) is 5.42. The molecule has 41 heavy (non-hydrogen) atoms. The Kier molecular flexibility index (Phi) is 7.85. The zero-order chi connectivity index (χ0) is 29.3. The summed E-state index contributed by atoms with van der Waals surface area (Å²) in [4.78, 5) is 45.7. The van der Waals surface area contributed by atoms with Crippen LogP contribution in [0.2, 0.25) is 5.02 Å². The first-order valence-electron chi connectivity index (χ1n) is 13.0. The van der Waals surface area contributed by atoms with Gasteiger partial charge in [-0.15, -0.1) is 0 Å².